The molecule has 3 N–H and O–H groups in total. The molecule has 5 aromatic rings. The van der Waals surface area contributed by atoms with Crippen LogP contribution in [0, 0.1) is 11.6 Å². The first-order valence-electron chi connectivity index (χ1n) is 13.2. The van der Waals surface area contributed by atoms with Crippen LogP contribution in [-0.4, -0.2) is 42.0 Å². The van der Waals surface area contributed by atoms with Gasteiger partial charge in [0.1, 0.15) is 18.0 Å². The summed E-state index contributed by atoms with van der Waals surface area (Å²) < 4.78 is 39.7. The van der Waals surface area contributed by atoms with Crippen molar-refractivity contribution < 1.29 is 27.8 Å². The van der Waals surface area contributed by atoms with E-state index >= 15 is 0 Å². The number of anilines is 2. The quantitative estimate of drug-likeness (QED) is 0.116. The number of ether oxygens (including phenoxy) is 2. The number of nitrogens with zero attached hydrogens (tertiary/aromatic N) is 2. The number of carbonyl (C=O) groups excluding carboxylic acids is 2. The molecule has 0 fully saturated rings. The number of aromatic nitrogens is 2. The van der Waals surface area contributed by atoms with Crippen LogP contribution in [0.15, 0.2) is 79.1 Å². The van der Waals surface area contributed by atoms with Crippen molar-refractivity contribution in [2.45, 2.75) is 13.0 Å². The van der Waals surface area contributed by atoms with Crippen molar-refractivity contribution in [3.8, 4) is 22.1 Å². The summed E-state index contributed by atoms with van der Waals surface area (Å²) in [5.74, 6) is -2.00. The van der Waals surface area contributed by atoms with Gasteiger partial charge in [-0.25, -0.2) is 8.78 Å². The second-order valence-corrected chi connectivity index (χ2v) is 10.4. The van der Waals surface area contributed by atoms with Gasteiger partial charge in [-0.15, -0.1) is 11.3 Å². The molecule has 0 saturated heterocycles. The van der Waals surface area contributed by atoms with Gasteiger partial charge >= 0.3 is 0 Å². The average Bonchev–Trinajstić information content (AvgIpc) is 3.44. The Morgan fingerprint density at radius 3 is 2.37 bits per heavy atom. The van der Waals surface area contributed by atoms with Crippen LogP contribution in [0.4, 0.5) is 20.2 Å². The van der Waals surface area contributed by atoms with Crippen molar-refractivity contribution in [3.63, 3.8) is 0 Å². The molecule has 3 aromatic heterocycles. The van der Waals surface area contributed by atoms with Gasteiger partial charge in [0.2, 0.25) is 11.8 Å². The molecule has 0 saturated carbocycles. The van der Waals surface area contributed by atoms with Crippen molar-refractivity contribution in [2.24, 2.45) is 0 Å². The predicted molar refractivity (Wildman–Crippen MR) is 161 cm³/mol. The lowest BCUT2D eigenvalue weighted by Gasteiger charge is -2.10. The molecule has 0 bridgehead atoms. The fourth-order valence-electron chi connectivity index (χ4n) is 4.07. The number of nitrogens with one attached hydrogen (secondary N) is 3. The summed E-state index contributed by atoms with van der Waals surface area (Å²) >= 11 is 1.43. The number of pyridine rings is 2. The zero-order chi connectivity index (χ0) is 30.2. The summed E-state index contributed by atoms with van der Waals surface area (Å²) in [5, 5.41) is 8.27. The Morgan fingerprint density at radius 2 is 1.65 bits per heavy atom. The molecule has 2 amide bonds. The zero-order valence-electron chi connectivity index (χ0n) is 23.0. The van der Waals surface area contributed by atoms with Crippen LogP contribution in [0.2, 0.25) is 0 Å². The molecule has 0 aliphatic rings. The molecule has 0 unspecified atom stereocenters. The minimum Gasteiger partial charge on any atom is -0.453 e. The Bertz CT molecular complexity index is 1730. The van der Waals surface area contributed by atoms with E-state index in [1.54, 1.807) is 19.4 Å². The first kappa shape index (κ1) is 29.7. The maximum absolute atomic E-state index is 15.0. The van der Waals surface area contributed by atoms with Crippen molar-refractivity contribution in [1.29, 1.82) is 0 Å². The smallest absolute Gasteiger partial charge is 0.233 e. The second-order valence-electron chi connectivity index (χ2n) is 9.38. The first-order chi connectivity index (χ1) is 20.9. The maximum atomic E-state index is 15.0. The number of hydrogen-bond acceptors (Lipinski definition) is 8. The lowest BCUT2D eigenvalue weighted by molar-refractivity contribution is -0.123. The summed E-state index contributed by atoms with van der Waals surface area (Å²) in [6, 6.07) is 16.6. The van der Waals surface area contributed by atoms with Crippen LogP contribution in [0.1, 0.15) is 12.0 Å². The van der Waals surface area contributed by atoms with Gasteiger partial charge < -0.3 is 25.4 Å². The highest BCUT2D eigenvalue weighted by Gasteiger charge is 2.15. The number of hydrogen-bond donors (Lipinski definition) is 3. The monoisotopic (exact) mass is 603 g/mol. The molecule has 0 spiro atoms. The highest BCUT2D eigenvalue weighted by atomic mass is 32.1. The Balaban J connectivity index is 1.22. The van der Waals surface area contributed by atoms with Crippen molar-refractivity contribution in [3.05, 3.63) is 96.3 Å². The standard InChI is InChI=1S/C31H27F2N5O4S/c1-41-13-12-34-17-19-2-8-24(36-18-19)28-15-25-31(43-28)27(10-11-35-25)42-26-9-7-22(14-23(26)33)38-30(40)16-29(39)37-21-5-3-20(32)4-6-21/h2-11,14-15,18,34H,12-13,16-17H2,1H3,(H,37,39)(H,38,40). The third-order valence-corrected chi connectivity index (χ3v) is 7.31. The number of fused-ring (bicyclic) bond motifs is 1. The number of halogens is 2. The number of carbonyl (C=O) groups is 2. The lowest BCUT2D eigenvalue weighted by atomic mass is 10.2. The molecule has 12 heteroatoms. The van der Waals surface area contributed by atoms with Gasteiger partial charge in [-0.05, 0) is 54.1 Å². The van der Waals surface area contributed by atoms with Crippen molar-refractivity contribution in [1.82, 2.24) is 15.3 Å². The van der Waals surface area contributed by atoms with Gasteiger partial charge in [-0.3, -0.25) is 19.6 Å². The van der Waals surface area contributed by atoms with Gasteiger partial charge in [0.15, 0.2) is 11.6 Å². The van der Waals surface area contributed by atoms with E-state index in [0.717, 1.165) is 33.4 Å². The highest BCUT2D eigenvalue weighted by Crippen LogP contribution is 2.39. The fourth-order valence-corrected chi connectivity index (χ4v) is 5.11. The molecule has 2 aromatic carbocycles. The Morgan fingerprint density at radius 1 is 0.884 bits per heavy atom. The molecule has 3 heterocycles. The van der Waals surface area contributed by atoms with Gasteiger partial charge in [-0.1, -0.05) is 6.07 Å². The molecule has 43 heavy (non-hydrogen) atoms. The SMILES string of the molecule is COCCNCc1ccc(-c2cc3nccc(Oc4ccc(NC(=O)CC(=O)Nc5ccc(F)cc5)cc4F)c3s2)nc1. The van der Waals surface area contributed by atoms with E-state index in [2.05, 4.69) is 25.9 Å². The maximum Gasteiger partial charge on any atom is 0.233 e. The predicted octanol–water partition coefficient (Wildman–Crippen LogP) is 6.13. The normalized spacial score (nSPS) is 11.0. The summed E-state index contributed by atoms with van der Waals surface area (Å²) in [7, 11) is 1.66. The highest BCUT2D eigenvalue weighted by molar-refractivity contribution is 7.22. The lowest BCUT2D eigenvalue weighted by Crippen LogP contribution is -2.21. The van der Waals surface area contributed by atoms with Gasteiger partial charge in [0.25, 0.3) is 0 Å². The molecule has 5 rings (SSSR count). The largest absolute Gasteiger partial charge is 0.453 e. The summed E-state index contributed by atoms with van der Waals surface area (Å²) in [5.41, 5.74) is 3.03. The van der Waals surface area contributed by atoms with Gasteiger partial charge in [-0.2, -0.15) is 0 Å². The molecule has 9 nitrogen and oxygen atoms in total. The first-order valence-corrected chi connectivity index (χ1v) is 14.1. The van der Waals surface area contributed by atoms with E-state index in [4.69, 9.17) is 9.47 Å². The minimum absolute atomic E-state index is 0.0436. The Labute approximate surface area is 249 Å². The number of methoxy groups -OCH3 is 1. The fraction of sp³-hybridized carbons (Fsp3) is 0.161. The number of benzene rings is 2. The third-order valence-electron chi connectivity index (χ3n) is 6.15. The zero-order valence-corrected chi connectivity index (χ0v) is 23.8. The van der Waals surface area contributed by atoms with Crippen LogP contribution in [0.3, 0.4) is 0 Å². The van der Waals surface area contributed by atoms with E-state index in [1.807, 2.05) is 24.4 Å². The van der Waals surface area contributed by atoms with Crippen LogP contribution in [-0.2, 0) is 20.9 Å². The minimum atomic E-state index is -0.702. The van der Waals surface area contributed by atoms with Crippen molar-refractivity contribution >= 4 is 44.7 Å². The van der Waals surface area contributed by atoms with Crippen molar-refractivity contribution in [2.75, 3.05) is 30.9 Å². The van der Waals surface area contributed by atoms with Crippen LogP contribution in [0.25, 0.3) is 20.8 Å². The number of thiophene rings is 1. The summed E-state index contributed by atoms with van der Waals surface area (Å²) in [6.45, 7) is 2.07. The van der Waals surface area contributed by atoms with E-state index in [-0.39, 0.29) is 11.4 Å². The molecular formula is C31H27F2N5O4S. The summed E-state index contributed by atoms with van der Waals surface area (Å²) in [4.78, 5) is 34.3. The van der Waals surface area contributed by atoms with Gasteiger partial charge in [0, 0.05) is 56.1 Å². The van der Waals surface area contributed by atoms with Crippen LogP contribution >= 0.6 is 11.3 Å². The summed E-state index contributed by atoms with van der Waals surface area (Å²) in [6.07, 6.45) is 2.90. The second kappa shape index (κ2) is 13.9. The molecule has 0 aliphatic carbocycles. The van der Waals surface area contributed by atoms with Crippen LogP contribution in [0.5, 0.6) is 11.5 Å². The topological polar surface area (TPSA) is 114 Å². The number of rotatable bonds is 12. The van der Waals surface area contributed by atoms with E-state index in [9.17, 15) is 18.4 Å². The third kappa shape index (κ3) is 7.95. The Hall–Kier alpha value is -4.78. The Kier molecular flexibility index (Phi) is 9.62. The molecular weight excluding hydrogens is 576 g/mol. The molecule has 0 aliphatic heterocycles. The molecule has 0 atom stereocenters. The van der Waals surface area contributed by atoms with E-state index in [0.29, 0.717) is 30.1 Å². The molecule has 0 radical (unpaired) electrons. The number of amides is 2. The van der Waals surface area contributed by atoms with E-state index < -0.39 is 29.9 Å². The average molecular weight is 604 g/mol. The van der Waals surface area contributed by atoms with Crippen LogP contribution < -0.4 is 20.7 Å². The molecule has 220 valence electrons. The van der Waals surface area contributed by atoms with E-state index in [1.165, 1.54) is 47.7 Å². The van der Waals surface area contributed by atoms with Gasteiger partial charge in [0.05, 0.1) is 27.4 Å².